The van der Waals surface area contributed by atoms with Gasteiger partial charge < -0.3 is 14.4 Å². The minimum absolute atomic E-state index is 0.181. The Hall–Kier alpha value is -1.90. The molecule has 1 N–H and O–H groups in total. The molecule has 0 saturated carbocycles. The van der Waals surface area contributed by atoms with Gasteiger partial charge in [-0.3, -0.25) is 0 Å². The van der Waals surface area contributed by atoms with Crippen LogP contribution in [0.5, 0.6) is 0 Å². The number of benzene rings is 1. The van der Waals surface area contributed by atoms with E-state index in [0.717, 1.165) is 10.9 Å². The molecule has 1 aromatic heterocycles. The number of hydrogen-bond acceptors (Lipinski definition) is 4. The molecule has 1 aliphatic heterocycles. The van der Waals surface area contributed by atoms with E-state index < -0.39 is 22.6 Å². The summed E-state index contributed by atoms with van der Waals surface area (Å²) in [5, 5.41) is 9.61. The first kappa shape index (κ1) is 16.0. The van der Waals surface area contributed by atoms with Crippen molar-refractivity contribution in [2.75, 3.05) is 19.7 Å². The van der Waals surface area contributed by atoms with Crippen LogP contribution in [0.25, 0.3) is 10.9 Å². The standard InChI is InChI=1S/C15H18N2O5S/c1-16-6-4-11-2-3-13(8-14(11)16)23(20,21)17-7-5-12(9-17)22-10-15(18)19/h2-4,6,8,12H,5,7,9-10H2,1H3,(H,18,19)/t12-/m0/s1. The maximum atomic E-state index is 12.7. The van der Waals surface area contributed by atoms with Gasteiger partial charge in [-0.05, 0) is 30.0 Å². The van der Waals surface area contributed by atoms with Gasteiger partial charge >= 0.3 is 5.97 Å². The number of nitrogens with zero attached hydrogens (tertiary/aromatic N) is 2. The van der Waals surface area contributed by atoms with E-state index in [4.69, 9.17) is 9.84 Å². The third-order valence-corrected chi connectivity index (χ3v) is 5.91. The summed E-state index contributed by atoms with van der Waals surface area (Å²) in [6, 6.07) is 6.98. The average Bonchev–Trinajstić information content (AvgIpc) is 3.13. The number of carbonyl (C=O) groups is 1. The Kier molecular flexibility index (Phi) is 4.13. The van der Waals surface area contributed by atoms with Gasteiger partial charge in [0.15, 0.2) is 0 Å². The molecule has 0 amide bonds. The Morgan fingerprint density at radius 3 is 2.91 bits per heavy atom. The molecule has 1 aliphatic rings. The molecule has 0 bridgehead atoms. The Balaban J connectivity index is 1.80. The summed E-state index contributed by atoms with van der Waals surface area (Å²) in [5.74, 6) is -1.06. The number of carboxylic acids is 1. The molecule has 124 valence electrons. The van der Waals surface area contributed by atoms with Gasteiger partial charge in [-0.1, -0.05) is 6.07 Å². The molecule has 1 fully saturated rings. The number of aliphatic carboxylic acids is 1. The summed E-state index contributed by atoms with van der Waals surface area (Å²) < 4.78 is 33.9. The summed E-state index contributed by atoms with van der Waals surface area (Å²) in [6.07, 6.45) is 2.01. The Bertz CT molecular complexity index is 843. The van der Waals surface area contributed by atoms with E-state index in [9.17, 15) is 13.2 Å². The molecule has 0 radical (unpaired) electrons. The fraction of sp³-hybridized carbons (Fsp3) is 0.400. The zero-order valence-corrected chi connectivity index (χ0v) is 13.5. The van der Waals surface area contributed by atoms with Gasteiger partial charge in [0, 0.05) is 31.9 Å². The lowest BCUT2D eigenvalue weighted by Crippen LogP contribution is -2.30. The largest absolute Gasteiger partial charge is 0.480 e. The average molecular weight is 338 g/mol. The predicted octanol–water partition coefficient (Wildman–Crippen LogP) is 1.04. The van der Waals surface area contributed by atoms with Crippen LogP contribution in [0.4, 0.5) is 0 Å². The zero-order chi connectivity index (χ0) is 16.6. The highest BCUT2D eigenvalue weighted by atomic mass is 32.2. The van der Waals surface area contributed by atoms with Crippen LogP contribution in [-0.2, 0) is 26.6 Å². The number of ether oxygens (including phenoxy) is 1. The van der Waals surface area contributed by atoms with Gasteiger partial charge in [-0.15, -0.1) is 0 Å². The number of aryl methyl sites for hydroxylation is 1. The first-order valence-corrected chi connectivity index (χ1v) is 8.70. The van der Waals surface area contributed by atoms with E-state index in [0.29, 0.717) is 13.0 Å². The van der Waals surface area contributed by atoms with Crippen LogP contribution in [0.3, 0.4) is 0 Å². The molecule has 1 aromatic carbocycles. The number of fused-ring (bicyclic) bond motifs is 1. The molecule has 2 aromatic rings. The van der Waals surface area contributed by atoms with E-state index in [1.807, 2.05) is 23.9 Å². The van der Waals surface area contributed by atoms with Crippen molar-refractivity contribution in [2.24, 2.45) is 7.05 Å². The molecule has 1 saturated heterocycles. The van der Waals surface area contributed by atoms with Crippen LogP contribution in [0.1, 0.15) is 6.42 Å². The van der Waals surface area contributed by atoms with Crippen LogP contribution in [-0.4, -0.2) is 54.2 Å². The highest BCUT2D eigenvalue weighted by Crippen LogP contribution is 2.25. The molecule has 0 spiro atoms. The van der Waals surface area contributed by atoms with Crippen molar-refractivity contribution in [3.63, 3.8) is 0 Å². The van der Waals surface area contributed by atoms with E-state index >= 15 is 0 Å². The third-order valence-electron chi connectivity index (χ3n) is 4.05. The summed E-state index contributed by atoms with van der Waals surface area (Å²) >= 11 is 0. The van der Waals surface area contributed by atoms with Crippen molar-refractivity contribution < 1.29 is 23.1 Å². The number of sulfonamides is 1. The van der Waals surface area contributed by atoms with Gasteiger partial charge in [-0.2, -0.15) is 4.31 Å². The number of aromatic nitrogens is 1. The van der Waals surface area contributed by atoms with Crippen LogP contribution in [0.15, 0.2) is 35.4 Å². The lowest BCUT2D eigenvalue weighted by molar-refractivity contribution is -0.144. The van der Waals surface area contributed by atoms with Crippen molar-refractivity contribution in [2.45, 2.75) is 17.4 Å². The molecule has 3 rings (SSSR count). The van der Waals surface area contributed by atoms with E-state index in [1.54, 1.807) is 18.2 Å². The molecule has 8 heteroatoms. The van der Waals surface area contributed by atoms with Crippen LogP contribution >= 0.6 is 0 Å². The molecular formula is C15H18N2O5S. The van der Waals surface area contributed by atoms with Crippen molar-refractivity contribution in [3.05, 3.63) is 30.5 Å². The topological polar surface area (TPSA) is 88.8 Å². The predicted molar refractivity (Wildman–Crippen MR) is 83.7 cm³/mol. The quantitative estimate of drug-likeness (QED) is 0.880. The van der Waals surface area contributed by atoms with Crippen molar-refractivity contribution in [3.8, 4) is 0 Å². The highest BCUT2D eigenvalue weighted by Gasteiger charge is 2.33. The SMILES string of the molecule is Cn1ccc2ccc(S(=O)(=O)N3CC[C@H](OCC(=O)O)C3)cc21. The van der Waals surface area contributed by atoms with E-state index in [2.05, 4.69) is 0 Å². The monoisotopic (exact) mass is 338 g/mol. The fourth-order valence-electron chi connectivity index (χ4n) is 2.79. The Morgan fingerprint density at radius 1 is 1.39 bits per heavy atom. The van der Waals surface area contributed by atoms with Crippen LogP contribution in [0, 0.1) is 0 Å². The Labute approximate surface area is 134 Å². The molecular weight excluding hydrogens is 320 g/mol. The van der Waals surface area contributed by atoms with Gasteiger partial charge in [0.1, 0.15) is 6.61 Å². The zero-order valence-electron chi connectivity index (χ0n) is 12.7. The van der Waals surface area contributed by atoms with Crippen LogP contribution in [0.2, 0.25) is 0 Å². The second-order valence-electron chi connectivity index (χ2n) is 5.63. The van der Waals surface area contributed by atoms with Gasteiger partial charge in [0.25, 0.3) is 0 Å². The number of carboxylic acid groups (broad SMARTS) is 1. The van der Waals surface area contributed by atoms with Crippen molar-refractivity contribution >= 4 is 26.9 Å². The van der Waals surface area contributed by atoms with Gasteiger partial charge in [0.05, 0.1) is 11.0 Å². The van der Waals surface area contributed by atoms with Crippen molar-refractivity contribution in [1.82, 2.24) is 8.87 Å². The summed E-state index contributed by atoms with van der Waals surface area (Å²) in [5.41, 5.74) is 0.851. The summed E-state index contributed by atoms with van der Waals surface area (Å²) in [7, 11) is -1.74. The smallest absolute Gasteiger partial charge is 0.329 e. The lowest BCUT2D eigenvalue weighted by atomic mass is 10.2. The summed E-state index contributed by atoms with van der Waals surface area (Å²) in [4.78, 5) is 10.8. The second kappa shape index (κ2) is 5.95. The second-order valence-corrected chi connectivity index (χ2v) is 7.56. The molecule has 0 aliphatic carbocycles. The molecule has 7 nitrogen and oxygen atoms in total. The van der Waals surface area contributed by atoms with Gasteiger partial charge in [0.2, 0.25) is 10.0 Å². The van der Waals surface area contributed by atoms with E-state index in [-0.39, 0.29) is 17.5 Å². The molecule has 2 heterocycles. The third kappa shape index (κ3) is 3.10. The normalized spacial score (nSPS) is 19.4. The fourth-order valence-corrected chi connectivity index (χ4v) is 4.30. The van der Waals surface area contributed by atoms with Crippen LogP contribution < -0.4 is 0 Å². The highest BCUT2D eigenvalue weighted by molar-refractivity contribution is 7.89. The van der Waals surface area contributed by atoms with Crippen molar-refractivity contribution in [1.29, 1.82) is 0 Å². The molecule has 23 heavy (non-hydrogen) atoms. The Morgan fingerprint density at radius 2 is 2.17 bits per heavy atom. The first-order chi connectivity index (χ1) is 10.9. The maximum Gasteiger partial charge on any atom is 0.329 e. The maximum absolute atomic E-state index is 12.7. The minimum Gasteiger partial charge on any atom is -0.480 e. The first-order valence-electron chi connectivity index (χ1n) is 7.26. The number of rotatable bonds is 5. The number of hydrogen-bond donors (Lipinski definition) is 1. The minimum atomic E-state index is -3.60. The molecule has 0 unspecified atom stereocenters. The van der Waals surface area contributed by atoms with E-state index in [1.165, 1.54) is 4.31 Å². The summed E-state index contributed by atoms with van der Waals surface area (Å²) in [6.45, 7) is 0.104. The lowest BCUT2D eigenvalue weighted by Gasteiger charge is -2.17. The van der Waals surface area contributed by atoms with Gasteiger partial charge in [-0.25, -0.2) is 13.2 Å². The molecule has 1 atom stereocenters.